The first-order chi connectivity index (χ1) is 12.7. The fraction of sp³-hybridized carbons (Fsp3) is 0.435. The van der Waals surface area contributed by atoms with Crippen molar-refractivity contribution in [2.24, 2.45) is 0 Å². The zero-order chi connectivity index (χ0) is 17.7. The molecule has 3 aliphatic rings. The lowest BCUT2D eigenvalue weighted by Gasteiger charge is -2.48. The summed E-state index contributed by atoms with van der Waals surface area (Å²) in [4.78, 5) is 7.55. The minimum atomic E-state index is 0. The first-order valence-electron chi connectivity index (χ1n) is 9.72. The largest absolute Gasteiger partial charge is 0.309 e. The number of imidazole rings is 1. The molecule has 3 aromatic rings. The van der Waals surface area contributed by atoms with Gasteiger partial charge in [0.05, 0.1) is 11.4 Å². The molecule has 27 heavy (non-hydrogen) atoms. The summed E-state index contributed by atoms with van der Waals surface area (Å²) in [6.45, 7) is 7.72. The summed E-state index contributed by atoms with van der Waals surface area (Å²) in [6, 6.07) is 16.6. The number of nitrogens with zero attached hydrogens (tertiary/aromatic N) is 3. The molecule has 2 unspecified atom stereocenters. The van der Waals surface area contributed by atoms with Gasteiger partial charge in [-0.05, 0) is 30.0 Å². The van der Waals surface area contributed by atoms with Crippen molar-refractivity contribution in [1.82, 2.24) is 19.6 Å². The smallest absolute Gasteiger partial charge is 0.137 e. The van der Waals surface area contributed by atoms with E-state index in [9.17, 15) is 0 Å². The van der Waals surface area contributed by atoms with Crippen LogP contribution in [0.25, 0.3) is 16.9 Å². The van der Waals surface area contributed by atoms with Gasteiger partial charge in [-0.1, -0.05) is 51.6 Å². The summed E-state index contributed by atoms with van der Waals surface area (Å²) >= 11 is 0. The minimum Gasteiger partial charge on any atom is -0.309 e. The van der Waals surface area contributed by atoms with Gasteiger partial charge in [0, 0.05) is 43.5 Å². The molecule has 1 aromatic carbocycles. The molecule has 142 valence electrons. The fourth-order valence-corrected chi connectivity index (χ4v) is 4.40. The van der Waals surface area contributed by atoms with Gasteiger partial charge >= 0.3 is 0 Å². The molecule has 0 saturated carbocycles. The summed E-state index contributed by atoms with van der Waals surface area (Å²) in [5, 5.41) is 3.62. The Hall–Kier alpha value is -2.17. The predicted octanol–water partition coefficient (Wildman–Crippen LogP) is 4.31. The van der Waals surface area contributed by atoms with E-state index < -0.39 is 0 Å². The topological polar surface area (TPSA) is 32.6 Å². The van der Waals surface area contributed by atoms with Crippen molar-refractivity contribution in [3.63, 3.8) is 0 Å². The molecule has 0 amide bonds. The number of aromatic nitrogens is 2. The lowest BCUT2D eigenvalue weighted by molar-refractivity contribution is 0.0716. The van der Waals surface area contributed by atoms with Gasteiger partial charge < -0.3 is 9.72 Å². The van der Waals surface area contributed by atoms with Crippen LogP contribution >= 0.6 is 0 Å². The molecule has 4 heteroatoms. The van der Waals surface area contributed by atoms with Crippen molar-refractivity contribution < 1.29 is 0 Å². The predicted molar refractivity (Wildman–Crippen MR) is 112 cm³/mol. The average Bonchev–Trinajstić information content (AvgIpc) is 3.00. The third kappa shape index (κ3) is 3.28. The zero-order valence-corrected chi connectivity index (χ0v) is 15.5. The second-order valence-electron chi connectivity index (χ2n) is 8.10. The fourth-order valence-electron chi connectivity index (χ4n) is 4.40. The van der Waals surface area contributed by atoms with E-state index in [2.05, 4.69) is 77.1 Å². The quantitative estimate of drug-likeness (QED) is 0.751. The minimum absolute atomic E-state index is 0. The number of piperazine rings is 1. The summed E-state index contributed by atoms with van der Waals surface area (Å²) in [6.07, 6.45) is 3.49. The van der Waals surface area contributed by atoms with Crippen molar-refractivity contribution in [3.05, 3.63) is 59.9 Å². The molecule has 0 radical (unpaired) electrons. The highest BCUT2D eigenvalue weighted by atomic mass is 15.3. The van der Waals surface area contributed by atoms with E-state index in [4.69, 9.17) is 4.98 Å². The summed E-state index contributed by atoms with van der Waals surface area (Å²) in [5.74, 6) is 0.553. The Morgan fingerprint density at radius 2 is 1.78 bits per heavy atom. The van der Waals surface area contributed by atoms with Crippen LogP contribution in [0.4, 0.5) is 0 Å². The van der Waals surface area contributed by atoms with Gasteiger partial charge in [-0.2, -0.15) is 0 Å². The van der Waals surface area contributed by atoms with Gasteiger partial charge in [-0.25, -0.2) is 4.98 Å². The van der Waals surface area contributed by atoms with E-state index in [0.717, 1.165) is 31.0 Å². The average molecular weight is 363 g/mol. The molecule has 3 saturated heterocycles. The van der Waals surface area contributed by atoms with E-state index in [1.807, 2.05) is 0 Å². The first kappa shape index (κ1) is 18.2. The van der Waals surface area contributed by atoms with E-state index in [-0.39, 0.29) is 7.43 Å². The molecule has 1 N–H and O–H groups in total. The van der Waals surface area contributed by atoms with Crippen molar-refractivity contribution in [3.8, 4) is 11.3 Å². The molecule has 2 aromatic heterocycles. The Bertz CT molecular complexity index is 909. The van der Waals surface area contributed by atoms with Crippen molar-refractivity contribution >= 4 is 5.65 Å². The van der Waals surface area contributed by atoms with Crippen LogP contribution in [0.3, 0.4) is 0 Å². The van der Waals surface area contributed by atoms with Crippen LogP contribution in [-0.2, 0) is 6.54 Å². The highest BCUT2D eigenvalue weighted by molar-refractivity contribution is 5.67. The molecule has 0 aliphatic carbocycles. The molecular weight excluding hydrogens is 332 g/mol. The first-order valence-corrected chi connectivity index (χ1v) is 9.72. The van der Waals surface area contributed by atoms with Crippen molar-refractivity contribution in [1.29, 1.82) is 0 Å². The molecule has 6 rings (SSSR count). The van der Waals surface area contributed by atoms with E-state index in [1.54, 1.807) is 0 Å². The lowest BCUT2D eigenvalue weighted by atomic mass is 9.91. The SMILES string of the molecule is C.CC(C)c1ccc(-c2nc3ccccn3c2CN2CC3CC(C2)N3)cc1. The van der Waals surface area contributed by atoms with Gasteiger partial charge in [0.2, 0.25) is 0 Å². The lowest BCUT2D eigenvalue weighted by Crippen LogP contribution is -2.66. The molecule has 5 heterocycles. The number of benzene rings is 1. The monoisotopic (exact) mass is 362 g/mol. The highest BCUT2D eigenvalue weighted by Crippen LogP contribution is 2.29. The van der Waals surface area contributed by atoms with Crippen LogP contribution in [0.1, 0.15) is 44.9 Å². The number of fused-ring (bicyclic) bond motifs is 3. The number of piperidine rings is 1. The van der Waals surface area contributed by atoms with Crippen molar-refractivity contribution in [2.75, 3.05) is 13.1 Å². The van der Waals surface area contributed by atoms with Crippen LogP contribution < -0.4 is 5.32 Å². The van der Waals surface area contributed by atoms with Gasteiger partial charge in [-0.3, -0.25) is 4.90 Å². The van der Waals surface area contributed by atoms with Gasteiger partial charge in [0.25, 0.3) is 0 Å². The van der Waals surface area contributed by atoms with Crippen LogP contribution in [0, 0.1) is 0 Å². The zero-order valence-electron chi connectivity index (χ0n) is 15.5. The van der Waals surface area contributed by atoms with Gasteiger partial charge in [-0.15, -0.1) is 0 Å². The molecular formula is C23H30N4. The Kier molecular flexibility index (Phi) is 4.79. The summed E-state index contributed by atoms with van der Waals surface area (Å²) < 4.78 is 2.26. The van der Waals surface area contributed by atoms with Crippen molar-refractivity contribution in [2.45, 2.75) is 52.2 Å². The number of pyridine rings is 1. The Morgan fingerprint density at radius 3 is 2.44 bits per heavy atom. The maximum Gasteiger partial charge on any atom is 0.137 e. The van der Waals surface area contributed by atoms with Gasteiger partial charge in [0.1, 0.15) is 5.65 Å². The Balaban J connectivity index is 0.00000180. The highest BCUT2D eigenvalue weighted by Gasteiger charge is 2.36. The number of nitrogens with one attached hydrogen (secondary N) is 1. The summed E-state index contributed by atoms with van der Waals surface area (Å²) in [7, 11) is 0. The Labute approximate surface area is 162 Å². The second-order valence-corrected chi connectivity index (χ2v) is 8.10. The van der Waals surface area contributed by atoms with Crippen LogP contribution in [0.2, 0.25) is 0 Å². The molecule has 2 bridgehead atoms. The Morgan fingerprint density at radius 1 is 1.07 bits per heavy atom. The molecule has 3 aliphatic heterocycles. The maximum atomic E-state index is 4.97. The van der Waals surface area contributed by atoms with E-state index in [0.29, 0.717) is 18.0 Å². The normalized spacial score (nSPS) is 21.9. The molecule has 2 atom stereocenters. The van der Waals surface area contributed by atoms with E-state index >= 15 is 0 Å². The van der Waals surface area contributed by atoms with Crippen LogP contribution in [0.5, 0.6) is 0 Å². The maximum absolute atomic E-state index is 4.97. The molecule has 3 fully saturated rings. The van der Waals surface area contributed by atoms with Crippen LogP contribution in [0.15, 0.2) is 48.7 Å². The third-order valence-electron chi connectivity index (χ3n) is 5.85. The molecule has 0 spiro atoms. The number of rotatable bonds is 4. The van der Waals surface area contributed by atoms with Crippen LogP contribution in [-0.4, -0.2) is 39.5 Å². The standard InChI is InChI=1S/C22H26N4.CH4/c1-15(2)16-6-8-17(9-7-16)22-20(26-10-4-3-5-21(26)24-22)14-25-12-18-11-19(13-25)23-18;/h3-10,15,18-19,23H,11-14H2,1-2H3;1H4. The molecule has 4 nitrogen and oxygen atoms in total. The number of hydrogen-bond donors (Lipinski definition) is 1. The third-order valence-corrected chi connectivity index (χ3v) is 5.85. The van der Waals surface area contributed by atoms with Gasteiger partial charge in [0.15, 0.2) is 0 Å². The number of hydrogen-bond acceptors (Lipinski definition) is 3. The van der Waals surface area contributed by atoms with E-state index in [1.165, 1.54) is 23.2 Å². The second kappa shape index (κ2) is 7.10. The summed E-state index contributed by atoms with van der Waals surface area (Å²) in [5.41, 5.74) is 6.05.